The molecule has 0 bridgehead atoms. The van der Waals surface area contributed by atoms with Gasteiger partial charge in [-0.25, -0.2) is 0 Å². The highest BCUT2D eigenvalue weighted by molar-refractivity contribution is 5.95. The van der Waals surface area contributed by atoms with E-state index in [1.807, 2.05) is 38.1 Å². The minimum atomic E-state index is -0.0516. The fourth-order valence-corrected chi connectivity index (χ4v) is 3.52. The van der Waals surface area contributed by atoms with Crippen LogP contribution in [0, 0.1) is 12.8 Å². The third-order valence-corrected chi connectivity index (χ3v) is 4.81. The van der Waals surface area contributed by atoms with Crippen LogP contribution in [0.1, 0.15) is 44.7 Å². The summed E-state index contributed by atoms with van der Waals surface area (Å²) in [4.78, 5) is 33.1. The largest absolute Gasteiger partial charge is 0.491 e. The fourth-order valence-electron chi connectivity index (χ4n) is 3.52. The van der Waals surface area contributed by atoms with Crippen molar-refractivity contribution in [3.63, 3.8) is 0 Å². The lowest BCUT2D eigenvalue weighted by Gasteiger charge is -2.23. The molecule has 1 aromatic carbocycles. The number of nitrogens with one attached hydrogen (secondary N) is 1. The molecule has 0 spiro atoms. The number of hydrogen-bond acceptors (Lipinski definition) is 6. The molecule has 1 heterocycles. The van der Waals surface area contributed by atoms with Gasteiger partial charge in [0.05, 0.1) is 16.9 Å². The Morgan fingerprint density at radius 2 is 2.00 bits per heavy atom. The predicted octanol–water partition coefficient (Wildman–Crippen LogP) is 3.01. The number of hydrogen-bond donors (Lipinski definition) is 2. The molecule has 150 valence electrons. The summed E-state index contributed by atoms with van der Waals surface area (Å²) in [5.74, 6) is 1.03. The zero-order valence-corrected chi connectivity index (χ0v) is 16.4. The van der Waals surface area contributed by atoms with Crippen LogP contribution in [-0.4, -0.2) is 29.7 Å². The van der Waals surface area contributed by atoms with Crippen molar-refractivity contribution >= 4 is 28.6 Å². The Morgan fingerprint density at radius 1 is 1.32 bits per heavy atom. The molecule has 0 aliphatic heterocycles. The smallest absolute Gasteiger partial charge is 0.373 e. The normalized spacial score (nSPS) is 15.1. The molecule has 1 atom stereocenters. The summed E-state index contributed by atoms with van der Waals surface area (Å²) in [6, 6.07) is 7.54. The van der Waals surface area contributed by atoms with E-state index in [1.165, 1.54) is 6.42 Å². The first kappa shape index (κ1) is 21.4. The molecule has 7 nitrogen and oxygen atoms in total. The van der Waals surface area contributed by atoms with Gasteiger partial charge >= 0.3 is 6.15 Å². The number of nitrogen functional groups attached to an aromatic ring is 1. The van der Waals surface area contributed by atoms with Gasteiger partial charge in [0.15, 0.2) is 0 Å². The van der Waals surface area contributed by atoms with Crippen LogP contribution in [0.5, 0.6) is 5.75 Å². The Balaban J connectivity index is 0.000000878. The summed E-state index contributed by atoms with van der Waals surface area (Å²) >= 11 is 0. The maximum Gasteiger partial charge on any atom is 0.373 e. The number of nitrogens with two attached hydrogens (primary N) is 1. The third kappa shape index (κ3) is 5.79. The summed E-state index contributed by atoms with van der Waals surface area (Å²) in [7, 11) is 0. The van der Waals surface area contributed by atoms with Crippen LogP contribution >= 0.6 is 0 Å². The number of ether oxygens (including phenoxy) is 1. The van der Waals surface area contributed by atoms with Crippen LogP contribution in [0.25, 0.3) is 10.9 Å². The number of anilines is 1. The lowest BCUT2D eigenvalue weighted by Crippen LogP contribution is -2.40. The summed E-state index contributed by atoms with van der Waals surface area (Å²) < 4.78 is 5.96. The average Bonchev–Trinajstić information content (AvgIpc) is 2.67. The van der Waals surface area contributed by atoms with E-state index in [0.717, 1.165) is 42.3 Å². The second-order valence-corrected chi connectivity index (χ2v) is 7.14. The van der Waals surface area contributed by atoms with Gasteiger partial charge in [-0.15, -0.1) is 0 Å². The lowest BCUT2D eigenvalue weighted by atomic mass is 9.88. The molecule has 1 aliphatic rings. The molecule has 1 unspecified atom stereocenters. The van der Waals surface area contributed by atoms with Gasteiger partial charge in [-0.2, -0.15) is 9.59 Å². The maximum atomic E-state index is 12.3. The van der Waals surface area contributed by atoms with E-state index in [0.29, 0.717) is 18.0 Å². The molecular weight excluding hydrogens is 358 g/mol. The van der Waals surface area contributed by atoms with Crippen LogP contribution < -0.4 is 15.8 Å². The van der Waals surface area contributed by atoms with Crippen LogP contribution in [-0.2, 0) is 14.4 Å². The molecule has 28 heavy (non-hydrogen) atoms. The van der Waals surface area contributed by atoms with Crippen LogP contribution in [0.2, 0.25) is 0 Å². The van der Waals surface area contributed by atoms with Crippen molar-refractivity contribution in [1.82, 2.24) is 10.3 Å². The van der Waals surface area contributed by atoms with Crippen LogP contribution in [0.4, 0.5) is 5.69 Å². The number of aromatic nitrogens is 1. The summed E-state index contributed by atoms with van der Waals surface area (Å²) in [6.45, 7) is 4.30. The zero-order valence-electron chi connectivity index (χ0n) is 16.4. The van der Waals surface area contributed by atoms with Gasteiger partial charge in [0.2, 0.25) is 5.91 Å². The maximum absolute atomic E-state index is 12.3. The Labute approximate surface area is 164 Å². The Kier molecular flexibility index (Phi) is 7.96. The minimum absolute atomic E-state index is 0.0516. The highest BCUT2D eigenvalue weighted by atomic mass is 16.5. The average molecular weight is 385 g/mol. The minimum Gasteiger partial charge on any atom is -0.491 e. The standard InChI is InChI=1S/C20H27N3O2.CO2/c1-13-11-16(21)19-17(22-13)9-6-10-18(19)25-12-14(2)23-20(24)15-7-4-3-5-8-15;2-1-3/h6,9-11,14-15H,3-5,7-8,12H2,1-2H3,(H2,21,22)(H,23,24);. The number of carbonyl (C=O) groups excluding carboxylic acids is 3. The second kappa shape index (κ2) is 10.4. The fraction of sp³-hybridized carbons (Fsp3) is 0.476. The zero-order chi connectivity index (χ0) is 20.5. The van der Waals surface area contributed by atoms with E-state index < -0.39 is 0 Å². The number of amides is 1. The first-order chi connectivity index (χ1) is 13.5. The van der Waals surface area contributed by atoms with Gasteiger partial charge in [0, 0.05) is 17.3 Å². The molecular formula is C21H27N3O4. The highest BCUT2D eigenvalue weighted by Crippen LogP contribution is 2.30. The van der Waals surface area contributed by atoms with Gasteiger partial charge in [-0.3, -0.25) is 9.78 Å². The number of benzene rings is 1. The monoisotopic (exact) mass is 385 g/mol. The van der Waals surface area contributed by atoms with E-state index in [2.05, 4.69) is 10.3 Å². The number of fused-ring (bicyclic) bond motifs is 1. The van der Waals surface area contributed by atoms with Gasteiger partial charge in [-0.05, 0) is 44.9 Å². The van der Waals surface area contributed by atoms with E-state index >= 15 is 0 Å². The van der Waals surface area contributed by atoms with Crippen LogP contribution in [0.3, 0.4) is 0 Å². The Morgan fingerprint density at radius 3 is 2.68 bits per heavy atom. The number of pyridine rings is 1. The van der Waals surface area contributed by atoms with Crippen molar-refractivity contribution in [3.05, 3.63) is 30.0 Å². The number of rotatable bonds is 5. The van der Waals surface area contributed by atoms with Crippen molar-refractivity contribution < 1.29 is 19.1 Å². The summed E-state index contributed by atoms with van der Waals surface area (Å²) in [5, 5.41) is 3.91. The summed E-state index contributed by atoms with van der Waals surface area (Å²) in [5.41, 5.74) is 8.53. The van der Waals surface area contributed by atoms with Crippen molar-refractivity contribution in [2.24, 2.45) is 5.92 Å². The Hall–Kier alpha value is -2.92. The third-order valence-electron chi connectivity index (χ3n) is 4.81. The molecule has 1 aliphatic carbocycles. The van der Waals surface area contributed by atoms with Gasteiger partial charge in [0.25, 0.3) is 0 Å². The van der Waals surface area contributed by atoms with Gasteiger partial charge in [0.1, 0.15) is 12.4 Å². The van der Waals surface area contributed by atoms with E-state index in [-0.39, 0.29) is 24.0 Å². The molecule has 7 heteroatoms. The first-order valence-corrected chi connectivity index (χ1v) is 9.54. The quantitative estimate of drug-likeness (QED) is 0.818. The highest BCUT2D eigenvalue weighted by Gasteiger charge is 2.22. The van der Waals surface area contributed by atoms with E-state index in [1.54, 1.807) is 0 Å². The Bertz CT molecular complexity index is 841. The van der Waals surface area contributed by atoms with Crippen molar-refractivity contribution in [2.75, 3.05) is 12.3 Å². The molecule has 0 saturated heterocycles. The molecule has 2 aromatic rings. The molecule has 1 amide bonds. The van der Waals surface area contributed by atoms with Crippen LogP contribution in [0.15, 0.2) is 24.3 Å². The molecule has 0 radical (unpaired) electrons. The van der Waals surface area contributed by atoms with Gasteiger partial charge < -0.3 is 15.8 Å². The molecule has 1 aromatic heterocycles. The summed E-state index contributed by atoms with van der Waals surface area (Å²) in [6.07, 6.45) is 5.82. The number of aryl methyl sites for hydroxylation is 1. The number of carbonyl (C=O) groups is 1. The predicted molar refractivity (Wildman–Crippen MR) is 106 cm³/mol. The van der Waals surface area contributed by atoms with E-state index in [9.17, 15) is 4.79 Å². The van der Waals surface area contributed by atoms with Crippen molar-refractivity contribution in [1.29, 1.82) is 0 Å². The number of nitrogens with zero attached hydrogens (tertiary/aromatic N) is 1. The topological polar surface area (TPSA) is 111 Å². The second-order valence-electron chi connectivity index (χ2n) is 7.14. The van der Waals surface area contributed by atoms with Gasteiger partial charge in [-0.1, -0.05) is 25.3 Å². The first-order valence-electron chi connectivity index (χ1n) is 9.54. The molecule has 3 N–H and O–H groups in total. The molecule has 3 rings (SSSR count). The lowest BCUT2D eigenvalue weighted by molar-refractivity contribution is -0.191. The van der Waals surface area contributed by atoms with Crippen molar-refractivity contribution in [3.8, 4) is 5.75 Å². The molecule has 1 fully saturated rings. The SMILES string of the molecule is Cc1cc(N)c2c(OCC(C)NC(=O)C3CCCCC3)cccc2n1.O=C=O. The van der Waals surface area contributed by atoms with E-state index in [4.69, 9.17) is 20.1 Å². The molecule has 1 saturated carbocycles. The van der Waals surface area contributed by atoms with Crippen molar-refractivity contribution in [2.45, 2.75) is 52.0 Å².